The lowest BCUT2D eigenvalue weighted by atomic mass is 10.1. The largest absolute Gasteiger partial charge is 0.459 e. The van der Waals surface area contributed by atoms with Gasteiger partial charge in [-0.05, 0) is 35.9 Å². The van der Waals surface area contributed by atoms with Crippen LogP contribution in [0.25, 0.3) is 0 Å². The first-order valence-electron chi connectivity index (χ1n) is 13.2. The molecule has 2 aliphatic rings. The van der Waals surface area contributed by atoms with E-state index in [0.717, 1.165) is 71.3 Å². The van der Waals surface area contributed by atoms with Crippen LogP contribution in [0.4, 0.5) is 11.4 Å². The zero-order valence-corrected chi connectivity index (χ0v) is 21.6. The first-order valence-corrected chi connectivity index (χ1v) is 13.2. The molecule has 2 aromatic carbocycles. The summed E-state index contributed by atoms with van der Waals surface area (Å²) >= 11 is 0. The Morgan fingerprint density at radius 1 is 0.816 bits per heavy atom. The Bertz CT molecular complexity index is 1190. The molecule has 9 heteroatoms. The minimum atomic E-state index is -0.351. The molecule has 38 heavy (non-hydrogen) atoms. The topological polar surface area (TPSA) is 90.3 Å². The van der Waals surface area contributed by atoms with Crippen molar-refractivity contribution in [1.29, 1.82) is 0 Å². The van der Waals surface area contributed by atoms with Crippen molar-refractivity contribution in [3.8, 4) is 0 Å². The fourth-order valence-electron chi connectivity index (χ4n) is 4.91. The van der Waals surface area contributed by atoms with Crippen LogP contribution in [0, 0.1) is 0 Å². The van der Waals surface area contributed by atoms with Gasteiger partial charge in [0.05, 0.1) is 25.0 Å². The highest BCUT2D eigenvalue weighted by molar-refractivity contribution is 6.05. The molecule has 9 nitrogen and oxygen atoms in total. The number of amides is 2. The summed E-state index contributed by atoms with van der Waals surface area (Å²) < 4.78 is 10.6. The van der Waals surface area contributed by atoms with Gasteiger partial charge in [0.25, 0.3) is 11.8 Å². The number of furan rings is 1. The number of hydrogen-bond acceptors (Lipinski definition) is 7. The first kappa shape index (κ1) is 26.0. The number of nitrogens with one attached hydrogen (secondary N) is 2. The van der Waals surface area contributed by atoms with Crippen molar-refractivity contribution in [3.05, 3.63) is 83.8 Å². The molecule has 5 rings (SSSR count). The van der Waals surface area contributed by atoms with E-state index >= 15 is 0 Å². The summed E-state index contributed by atoms with van der Waals surface area (Å²) in [6.07, 6.45) is 1.46. The van der Waals surface area contributed by atoms with Gasteiger partial charge in [0.2, 0.25) is 0 Å². The lowest BCUT2D eigenvalue weighted by Gasteiger charge is -2.37. The van der Waals surface area contributed by atoms with Crippen molar-refractivity contribution >= 4 is 23.2 Å². The summed E-state index contributed by atoms with van der Waals surface area (Å²) in [5.74, 6) is -0.273. The summed E-state index contributed by atoms with van der Waals surface area (Å²) in [6.45, 7) is 8.90. The molecular formula is C29H35N5O4. The lowest BCUT2D eigenvalue weighted by Crippen LogP contribution is -2.46. The van der Waals surface area contributed by atoms with Crippen molar-refractivity contribution in [2.24, 2.45) is 0 Å². The van der Waals surface area contributed by atoms with Crippen LogP contribution in [-0.2, 0) is 11.3 Å². The number of piperazine rings is 1. The summed E-state index contributed by atoms with van der Waals surface area (Å²) in [5, 5.41) is 5.94. The molecule has 0 saturated carbocycles. The second-order valence-corrected chi connectivity index (χ2v) is 9.62. The molecule has 2 saturated heterocycles. The van der Waals surface area contributed by atoms with Gasteiger partial charge in [-0.3, -0.25) is 19.4 Å². The van der Waals surface area contributed by atoms with E-state index in [1.807, 2.05) is 18.2 Å². The van der Waals surface area contributed by atoms with Crippen LogP contribution in [0.5, 0.6) is 0 Å². The van der Waals surface area contributed by atoms with Gasteiger partial charge in [-0.25, -0.2) is 0 Å². The number of carbonyl (C=O) groups excluding carboxylic acids is 2. The molecule has 1 aromatic heterocycles. The molecule has 2 aliphatic heterocycles. The lowest BCUT2D eigenvalue weighted by molar-refractivity contribution is 0.0383. The summed E-state index contributed by atoms with van der Waals surface area (Å²) in [7, 11) is 0. The van der Waals surface area contributed by atoms with E-state index in [1.54, 1.807) is 18.2 Å². The van der Waals surface area contributed by atoms with E-state index in [2.05, 4.69) is 49.6 Å². The Morgan fingerprint density at radius 2 is 1.61 bits per heavy atom. The van der Waals surface area contributed by atoms with Gasteiger partial charge in [0, 0.05) is 70.3 Å². The summed E-state index contributed by atoms with van der Waals surface area (Å²) in [4.78, 5) is 32.9. The van der Waals surface area contributed by atoms with Gasteiger partial charge in [-0.2, -0.15) is 0 Å². The minimum absolute atomic E-state index is 0.144. The normalized spacial score (nSPS) is 16.8. The smallest absolute Gasteiger partial charge is 0.291 e. The SMILES string of the molecule is O=C(Nc1ccc(N2CCN(Cc3ccccc3)CC2)c(C(=O)NCCN2CCOCC2)c1)c1ccco1. The molecule has 0 atom stereocenters. The fraction of sp³-hybridized carbons (Fsp3) is 0.379. The van der Waals surface area contributed by atoms with Gasteiger partial charge in [-0.15, -0.1) is 0 Å². The highest BCUT2D eigenvalue weighted by atomic mass is 16.5. The van der Waals surface area contributed by atoms with Gasteiger partial charge in [-0.1, -0.05) is 30.3 Å². The number of anilines is 2. The van der Waals surface area contributed by atoms with Crippen molar-refractivity contribution in [2.75, 3.05) is 75.8 Å². The van der Waals surface area contributed by atoms with Gasteiger partial charge < -0.3 is 24.7 Å². The van der Waals surface area contributed by atoms with Crippen LogP contribution in [0.1, 0.15) is 26.5 Å². The highest BCUT2D eigenvalue weighted by Gasteiger charge is 2.23. The van der Waals surface area contributed by atoms with Crippen molar-refractivity contribution in [1.82, 2.24) is 15.1 Å². The van der Waals surface area contributed by atoms with Crippen LogP contribution < -0.4 is 15.5 Å². The quantitative estimate of drug-likeness (QED) is 0.451. The molecule has 3 heterocycles. The maximum Gasteiger partial charge on any atom is 0.291 e. The Labute approximate surface area is 223 Å². The molecule has 0 bridgehead atoms. The summed E-state index contributed by atoms with van der Waals surface area (Å²) in [5.41, 5.74) is 3.29. The van der Waals surface area contributed by atoms with E-state index < -0.39 is 0 Å². The monoisotopic (exact) mass is 517 g/mol. The number of ether oxygens (including phenoxy) is 1. The predicted octanol–water partition coefficient (Wildman–Crippen LogP) is 2.92. The number of benzene rings is 2. The third-order valence-electron chi connectivity index (χ3n) is 7.02. The standard InChI is InChI=1S/C29H35N5O4/c35-28(30-10-11-32-16-19-37-20-17-32)25-21-24(31-29(36)27-7-4-18-38-27)8-9-26(25)34-14-12-33(13-15-34)22-23-5-2-1-3-6-23/h1-9,18,21H,10-17,19-20,22H2,(H,30,35)(H,31,36). The van der Waals surface area contributed by atoms with Crippen molar-refractivity contribution in [2.45, 2.75) is 6.54 Å². The molecule has 0 radical (unpaired) electrons. The average molecular weight is 518 g/mol. The van der Waals surface area contributed by atoms with E-state index in [9.17, 15) is 9.59 Å². The third kappa shape index (κ3) is 6.80. The summed E-state index contributed by atoms with van der Waals surface area (Å²) in [6, 6.07) is 19.3. The Balaban J connectivity index is 1.27. The highest BCUT2D eigenvalue weighted by Crippen LogP contribution is 2.26. The molecule has 0 unspecified atom stereocenters. The van der Waals surface area contributed by atoms with E-state index in [4.69, 9.17) is 9.15 Å². The number of nitrogens with zero attached hydrogens (tertiary/aromatic N) is 3. The zero-order chi connectivity index (χ0) is 26.2. The van der Waals surface area contributed by atoms with E-state index in [1.165, 1.54) is 11.8 Å². The molecule has 2 fully saturated rings. The molecular weight excluding hydrogens is 482 g/mol. The van der Waals surface area contributed by atoms with Crippen LogP contribution >= 0.6 is 0 Å². The average Bonchev–Trinajstić information content (AvgIpc) is 3.50. The third-order valence-corrected chi connectivity index (χ3v) is 7.02. The number of hydrogen-bond donors (Lipinski definition) is 2. The number of carbonyl (C=O) groups is 2. The molecule has 3 aromatic rings. The van der Waals surface area contributed by atoms with E-state index in [-0.39, 0.29) is 17.6 Å². The maximum absolute atomic E-state index is 13.4. The Morgan fingerprint density at radius 3 is 2.34 bits per heavy atom. The van der Waals surface area contributed by atoms with E-state index in [0.29, 0.717) is 17.8 Å². The Hall–Kier alpha value is -3.66. The molecule has 2 N–H and O–H groups in total. The fourth-order valence-corrected chi connectivity index (χ4v) is 4.91. The maximum atomic E-state index is 13.4. The van der Waals surface area contributed by atoms with Gasteiger partial charge in [0.15, 0.2) is 5.76 Å². The zero-order valence-electron chi connectivity index (χ0n) is 21.6. The first-order chi connectivity index (χ1) is 18.7. The predicted molar refractivity (Wildman–Crippen MR) is 147 cm³/mol. The van der Waals surface area contributed by atoms with Gasteiger partial charge >= 0.3 is 0 Å². The van der Waals surface area contributed by atoms with Crippen LogP contribution in [-0.4, -0.2) is 87.2 Å². The number of morpholine rings is 1. The van der Waals surface area contributed by atoms with Crippen LogP contribution in [0.15, 0.2) is 71.3 Å². The second kappa shape index (κ2) is 12.7. The van der Waals surface area contributed by atoms with Gasteiger partial charge in [0.1, 0.15) is 0 Å². The Kier molecular flexibility index (Phi) is 8.70. The molecule has 200 valence electrons. The van der Waals surface area contributed by atoms with Crippen molar-refractivity contribution < 1.29 is 18.7 Å². The molecule has 0 aliphatic carbocycles. The second-order valence-electron chi connectivity index (χ2n) is 9.62. The molecule has 2 amide bonds. The van der Waals surface area contributed by atoms with Crippen molar-refractivity contribution in [3.63, 3.8) is 0 Å². The molecule has 0 spiro atoms. The number of rotatable bonds is 9. The van der Waals surface area contributed by atoms with Crippen LogP contribution in [0.3, 0.4) is 0 Å². The van der Waals surface area contributed by atoms with Crippen LogP contribution in [0.2, 0.25) is 0 Å². The minimum Gasteiger partial charge on any atom is -0.459 e.